The molecule has 1 aromatic carbocycles. The average molecular weight is 291 g/mol. The van der Waals surface area contributed by atoms with Gasteiger partial charge < -0.3 is 15.2 Å². The van der Waals surface area contributed by atoms with E-state index in [0.29, 0.717) is 6.04 Å². The van der Waals surface area contributed by atoms with Gasteiger partial charge in [-0.25, -0.2) is 0 Å². The van der Waals surface area contributed by atoms with Crippen LogP contribution in [0, 0.1) is 0 Å². The van der Waals surface area contributed by atoms with E-state index in [0.717, 1.165) is 24.1 Å². The highest BCUT2D eigenvalue weighted by molar-refractivity contribution is 6.31. The van der Waals surface area contributed by atoms with Crippen molar-refractivity contribution in [3.8, 4) is 0 Å². The summed E-state index contributed by atoms with van der Waals surface area (Å²) in [6.45, 7) is 1.75. The molecule has 0 unspecified atom stereocenters. The summed E-state index contributed by atoms with van der Waals surface area (Å²) in [4.78, 5) is 4.23. The Balaban J connectivity index is 1.59. The molecule has 3 rings (SSSR count). The van der Waals surface area contributed by atoms with Crippen molar-refractivity contribution in [2.45, 2.75) is 25.4 Å². The van der Waals surface area contributed by atoms with Crippen molar-refractivity contribution in [2.24, 2.45) is 4.99 Å². The van der Waals surface area contributed by atoms with Crippen LogP contribution in [0.25, 0.3) is 10.9 Å². The Morgan fingerprint density at radius 1 is 1.40 bits per heavy atom. The first kappa shape index (κ1) is 13.3. The molecule has 1 fully saturated rings. The average Bonchev–Trinajstić information content (AvgIpc) is 3.18. The zero-order valence-electron chi connectivity index (χ0n) is 11.6. The number of guanidine groups is 1. The van der Waals surface area contributed by atoms with Crippen molar-refractivity contribution in [1.29, 1.82) is 0 Å². The van der Waals surface area contributed by atoms with Crippen molar-refractivity contribution in [2.75, 3.05) is 13.6 Å². The molecule has 0 spiro atoms. The van der Waals surface area contributed by atoms with Crippen LogP contribution in [0.3, 0.4) is 0 Å². The maximum Gasteiger partial charge on any atom is 0.191 e. The summed E-state index contributed by atoms with van der Waals surface area (Å²) < 4.78 is 2.23. The van der Waals surface area contributed by atoms with E-state index in [1.54, 1.807) is 0 Å². The predicted molar refractivity (Wildman–Crippen MR) is 84.5 cm³/mol. The van der Waals surface area contributed by atoms with Gasteiger partial charge in [0, 0.05) is 48.3 Å². The van der Waals surface area contributed by atoms with E-state index in [1.807, 2.05) is 19.2 Å². The number of aromatic nitrogens is 1. The number of aliphatic imine (C=N–C) groups is 1. The van der Waals surface area contributed by atoms with E-state index >= 15 is 0 Å². The molecular weight excluding hydrogens is 272 g/mol. The third kappa shape index (κ3) is 3.07. The molecule has 0 saturated heterocycles. The molecule has 1 aliphatic carbocycles. The topological polar surface area (TPSA) is 41.4 Å². The number of hydrogen-bond donors (Lipinski definition) is 2. The zero-order chi connectivity index (χ0) is 13.9. The lowest BCUT2D eigenvalue weighted by Gasteiger charge is -2.12. The second-order valence-corrected chi connectivity index (χ2v) is 5.57. The molecule has 2 N–H and O–H groups in total. The van der Waals surface area contributed by atoms with Crippen molar-refractivity contribution >= 4 is 28.5 Å². The van der Waals surface area contributed by atoms with E-state index in [9.17, 15) is 0 Å². The summed E-state index contributed by atoms with van der Waals surface area (Å²) >= 11 is 6.00. The number of rotatable bonds is 4. The number of hydrogen-bond acceptors (Lipinski definition) is 1. The zero-order valence-corrected chi connectivity index (χ0v) is 12.3. The molecule has 0 amide bonds. The smallest absolute Gasteiger partial charge is 0.191 e. The lowest BCUT2D eigenvalue weighted by atomic mass is 10.2. The fourth-order valence-corrected chi connectivity index (χ4v) is 2.46. The van der Waals surface area contributed by atoms with Crippen LogP contribution in [0.1, 0.15) is 12.8 Å². The molecule has 0 radical (unpaired) electrons. The Labute approximate surface area is 123 Å². The number of halogens is 1. The first-order chi connectivity index (χ1) is 9.76. The van der Waals surface area contributed by atoms with Gasteiger partial charge in [-0.3, -0.25) is 4.99 Å². The molecule has 20 heavy (non-hydrogen) atoms. The van der Waals surface area contributed by atoms with Gasteiger partial charge in [0.1, 0.15) is 0 Å². The van der Waals surface area contributed by atoms with Gasteiger partial charge in [0.2, 0.25) is 0 Å². The highest BCUT2D eigenvalue weighted by atomic mass is 35.5. The fourth-order valence-electron chi connectivity index (χ4n) is 2.28. The van der Waals surface area contributed by atoms with E-state index < -0.39 is 0 Å². The highest BCUT2D eigenvalue weighted by Gasteiger charge is 2.21. The Hall–Kier alpha value is -1.68. The van der Waals surface area contributed by atoms with Crippen LogP contribution < -0.4 is 10.6 Å². The van der Waals surface area contributed by atoms with E-state index in [4.69, 9.17) is 11.6 Å². The van der Waals surface area contributed by atoms with E-state index in [-0.39, 0.29) is 0 Å². The van der Waals surface area contributed by atoms with Crippen molar-refractivity contribution in [3.05, 3.63) is 35.5 Å². The van der Waals surface area contributed by atoms with Crippen LogP contribution in [0.4, 0.5) is 0 Å². The van der Waals surface area contributed by atoms with E-state index in [1.165, 1.54) is 23.7 Å². The Morgan fingerprint density at radius 2 is 2.25 bits per heavy atom. The number of nitrogens with zero attached hydrogens (tertiary/aromatic N) is 2. The van der Waals surface area contributed by atoms with Crippen molar-refractivity contribution in [1.82, 2.24) is 15.2 Å². The molecular formula is C15H19ClN4. The normalized spacial score (nSPS) is 15.6. The summed E-state index contributed by atoms with van der Waals surface area (Å²) in [5, 5.41) is 8.68. The third-order valence-corrected chi connectivity index (χ3v) is 3.76. The largest absolute Gasteiger partial charge is 0.355 e. The van der Waals surface area contributed by atoms with Gasteiger partial charge in [-0.1, -0.05) is 11.6 Å². The minimum absolute atomic E-state index is 0.621. The molecule has 0 atom stereocenters. The van der Waals surface area contributed by atoms with Gasteiger partial charge in [0.05, 0.1) is 0 Å². The van der Waals surface area contributed by atoms with Crippen molar-refractivity contribution in [3.63, 3.8) is 0 Å². The Bertz CT molecular complexity index is 628. The van der Waals surface area contributed by atoms with Crippen LogP contribution in [0.15, 0.2) is 35.5 Å². The SMILES string of the molecule is CN=C(NCCn1ccc2cc(Cl)ccc21)NC1CC1. The standard InChI is InChI=1S/C15H19ClN4/c1-17-15(19-13-3-4-13)18-7-9-20-8-6-11-10-12(16)2-5-14(11)20/h2,5-6,8,10,13H,3-4,7,9H2,1H3,(H2,17,18,19). The first-order valence-electron chi connectivity index (χ1n) is 6.98. The second-order valence-electron chi connectivity index (χ2n) is 5.13. The van der Waals surface area contributed by atoms with Gasteiger partial charge in [-0.05, 0) is 37.1 Å². The van der Waals surface area contributed by atoms with Crippen LogP contribution >= 0.6 is 11.6 Å². The Kier molecular flexibility index (Phi) is 3.83. The maximum absolute atomic E-state index is 6.00. The summed E-state index contributed by atoms with van der Waals surface area (Å²) in [6.07, 6.45) is 4.60. The third-order valence-electron chi connectivity index (χ3n) is 3.52. The number of benzene rings is 1. The minimum Gasteiger partial charge on any atom is -0.355 e. The highest BCUT2D eigenvalue weighted by Crippen LogP contribution is 2.20. The molecule has 1 heterocycles. The first-order valence-corrected chi connectivity index (χ1v) is 7.35. The van der Waals surface area contributed by atoms with Crippen molar-refractivity contribution < 1.29 is 0 Å². The van der Waals surface area contributed by atoms with Crippen LogP contribution in [-0.2, 0) is 6.54 Å². The Morgan fingerprint density at radius 3 is 3.00 bits per heavy atom. The second kappa shape index (κ2) is 5.75. The quantitative estimate of drug-likeness (QED) is 0.671. The molecule has 2 aromatic rings. The predicted octanol–water partition coefficient (Wildman–Crippen LogP) is 2.62. The molecule has 4 nitrogen and oxygen atoms in total. The van der Waals surface area contributed by atoms with Gasteiger partial charge >= 0.3 is 0 Å². The monoisotopic (exact) mass is 290 g/mol. The molecule has 1 saturated carbocycles. The summed E-state index contributed by atoms with van der Waals surface area (Å²) in [6, 6.07) is 8.71. The molecule has 5 heteroatoms. The summed E-state index contributed by atoms with van der Waals surface area (Å²) in [5.41, 5.74) is 1.21. The lowest BCUT2D eigenvalue weighted by molar-refractivity contribution is 0.680. The summed E-state index contributed by atoms with van der Waals surface area (Å²) in [5.74, 6) is 0.895. The van der Waals surface area contributed by atoms with Crippen LogP contribution in [0.2, 0.25) is 5.02 Å². The number of nitrogens with one attached hydrogen (secondary N) is 2. The van der Waals surface area contributed by atoms with Gasteiger partial charge in [0.25, 0.3) is 0 Å². The van der Waals surface area contributed by atoms with Gasteiger partial charge in [-0.2, -0.15) is 0 Å². The molecule has 106 valence electrons. The lowest BCUT2D eigenvalue weighted by Crippen LogP contribution is -2.39. The van der Waals surface area contributed by atoms with Crippen LogP contribution in [-0.4, -0.2) is 30.2 Å². The minimum atomic E-state index is 0.621. The molecule has 1 aliphatic rings. The molecule has 0 aliphatic heterocycles. The molecule has 0 bridgehead atoms. The van der Waals surface area contributed by atoms with Gasteiger partial charge in [-0.15, -0.1) is 0 Å². The molecule has 1 aromatic heterocycles. The van der Waals surface area contributed by atoms with Crippen LogP contribution in [0.5, 0.6) is 0 Å². The summed E-state index contributed by atoms with van der Waals surface area (Å²) in [7, 11) is 1.81. The fraction of sp³-hybridized carbons (Fsp3) is 0.400. The van der Waals surface area contributed by atoms with Gasteiger partial charge in [0.15, 0.2) is 5.96 Å². The maximum atomic E-state index is 6.00. The van der Waals surface area contributed by atoms with E-state index in [2.05, 4.69) is 38.5 Å². The number of fused-ring (bicyclic) bond motifs is 1.